The quantitative estimate of drug-likeness (QED) is 0.818. The van der Waals surface area contributed by atoms with Crippen LogP contribution in [0.3, 0.4) is 0 Å². The van der Waals surface area contributed by atoms with Gasteiger partial charge in [0.25, 0.3) is 0 Å². The van der Waals surface area contributed by atoms with Gasteiger partial charge in [-0.1, -0.05) is 18.7 Å². The number of aryl methyl sites for hydroxylation is 2. The summed E-state index contributed by atoms with van der Waals surface area (Å²) in [6.07, 6.45) is 2.46. The Morgan fingerprint density at radius 1 is 1.48 bits per heavy atom. The van der Waals surface area contributed by atoms with Gasteiger partial charge in [0.15, 0.2) is 10.3 Å². The Bertz CT molecular complexity index is 631. The van der Waals surface area contributed by atoms with Crippen LogP contribution in [0.5, 0.6) is 0 Å². The van der Waals surface area contributed by atoms with E-state index in [0.29, 0.717) is 16.7 Å². The highest BCUT2D eigenvalue weighted by Crippen LogP contribution is 2.26. The molecular weight excluding hydrogens is 308 g/mol. The van der Waals surface area contributed by atoms with Crippen molar-refractivity contribution in [1.29, 1.82) is 0 Å². The maximum Gasteiger partial charge on any atom is 0.249 e. The summed E-state index contributed by atoms with van der Waals surface area (Å²) in [5.41, 5.74) is 6.76. The van der Waals surface area contributed by atoms with Crippen molar-refractivity contribution in [2.24, 2.45) is 0 Å². The molecule has 1 amide bonds. The van der Waals surface area contributed by atoms with Gasteiger partial charge < -0.3 is 11.1 Å². The number of nitrogen functional groups attached to an aromatic ring is 1. The van der Waals surface area contributed by atoms with Crippen molar-refractivity contribution in [3.63, 3.8) is 0 Å². The molecule has 2 rings (SSSR count). The molecule has 2 aromatic rings. The van der Waals surface area contributed by atoms with Crippen LogP contribution in [-0.4, -0.2) is 31.9 Å². The van der Waals surface area contributed by atoms with E-state index in [-0.39, 0.29) is 11.9 Å². The number of carbonyl (C=O) groups excluding carboxylic acids is 1. The molecule has 1 atom stereocenters. The first-order chi connectivity index (χ1) is 9.97. The van der Waals surface area contributed by atoms with E-state index in [4.69, 9.17) is 5.73 Å². The molecule has 7 nitrogen and oxygen atoms in total. The lowest BCUT2D eigenvalue weighted by Crippen LogP contribution is -2.27. The predicted octanol–water partition coefficient (Wildman–Crippen LogP) is 2.25. The van der Waals surface area contributed by atoms with Gasteiger partial charge in [-0.05, 0) is 26.5 Å². The van der Waals surface area contributed by atoms with Crippen LogP contribution in [0.2, 0.25) is 0 Å². The molecular formula is C12H18N6OS2. The molecule has 114 valence electrons. The number of thioether (sulfide) groups is 1. The van der Waals surface area contributed by atoms with Crippen LogP contribution < -0.4 is 11.1 Å². The number of nitrogens with zero attached hydrogens (tertiary/aromatic N) is 4. The van der Waals surface area contributed by atoms with E-state index in [1.165, 1.54) is 23.1 Å². The SMILES string of the molecule is CCC(C(=O)Nc1nc(C)c(C)s1)n1c(N)nnc1SC. The topological polar surface area (TPSA) is 98.7 Å². The fraction of sp³-hybridized carbons (Fsp3) is 0.500. The number of anilines is 2. The fourth-order valence-corrected chi connectivity index (χ4v) is 3.28. The lowest BCUT2D eigenvalue weighted by atomic mass is 10.2. The predicted molar refractivity (Wildman–Crippen MR) is 85.8 cm³/mol. The number of hydrogen-bond donors (Lipinski definition) is 2. The molecule has 0 fully saturated rings. The molecule has 0 aliphatic heterocycles. The van der Waals surface area contributed by atoms with E-state index in [1.54, 1.807) is 4.57 Å². The minimum absolute atomic E-state index is 0.159. The number of hydrogen-bond acceptors (Lipinski definition) is 7. The van der Waals surface area contributed by atoms with Crippen LogP contribution >= 0.6 is 23.1 Å². The smallest absolute Gasteiger partial charge is 0.249 e. The lowest BCUT2D eigenvalue weighted by molar-refractivity contribution is -0.119. The summed E-state index contributed by atoms with van der Waals surface area (Å²) < 4.78 is 1.66. The molecule has 2 heterocycles. The third-order valence-electron chi connectivity index (χ3n) is 3.13. The fourth-order valence-electron chi connectivity index (χ4n) is 1.92. The van der Waals surface area contributed by atoms with Crippen LogP contribution in [0.15, 0.2) is 5.16 Å². The van der Waals surface area contributed by atoms with E-state index in [0.717, 1.165) is 10.6 Å². The molecule has 0 saturated heterocycles. The maximum absolute atomic E-state index is 12.5. The third kappa shape index (κ3) is 3.18. The van der Waals surface area contributed by atoms with Gasteiger partial charge in [0.05, 0.1) is 5.69 Å². The summed E-state index contributed by atoms with van der Waals surface area (Å²) in [4.78, 5) is 17.9. The number of aromatic nitrogens is 4. The standard InChI is InChI=1S/C12H18N6OS2/c1-5-8(18-10(13)16-17-12(18)20-4)9(19)15-11-14-6(2)7(3)21-11/h8H,5H2,1-4H3,(H2,13,16)(H,14,15,19). The first kappa shape index (κ1) is 15.8. The van der Waals surface area contributed by atoms with Crippen molar-refractivity contribution in [1.82, 2.24) is 19.7 Å². The zero-order valence-electron chi connectivity index (χ0n) is 12.4. The first-order valence-electron chi connectivity index (χ1n) is 6.47. The van der Waals surface area contributed by atoms with E-state index >= 15 is 0 Å². The molecule has 0 bridgehead atoms. The third-order valence-corrected chi connectivity index (χ3v) is 4.76. The highest BCUT2D eigenvalue weighted by atomic mass is 32.2. The second-order valence-electron chi connectivity index (χ2n) is 4.49. The summed E-state index contributed by atoms with van der Waals surface area (Å²) in [6, 6.07) is -0.452. The van der Waals surface area contributed by atoms with Crippen LogP contribution in [0, 0.1) is 13.8 Å². The maximum atomic E-state index is 12.5. The average molecular weight is 326 g/mol. The first-order valence-corrected chi connectivity index (χ1v) is 8.51. The second-order valence-corrected chi connectivity index (χ2v) is 6.47. The van der Waals surface area contributed by atoms with Crippen molar-refractivity contribution < 1.29 is 4.79 Å². The zero-order chi connectivity index (χ0) is 15.6. The van der Waals surface area contributed by atoms with E-state index in [1.807, 2.05) is 27.0 Å². The number of rotatable bonds is 5. The van der Waals surface area contributed by atoms with Crippen LogP contribution in [0.4, 0.5) is 11.1 Å². The van der Waals surface area contributed by atoms with Gasteiger partial charge in [0.1, 0.15) is 6.04 Å². The van der Waals surface area contributed by atoms with Crippen molar-refractivity contribution >= 4 is 40.1 Å². The second kappa shape index (κ2) is 6.44. The summed E-state index contributed by atoms with van der Waals surface area (Å²) in [5.74, 6) is 0.0842. The Labute approximate surface area is 131 Å². The van der Waals surface area contributed by atoms with Crippen LogP contribution in [0.1, 0.15) is 30.0 Å². The molecule has 3 N–H and O–H groups in total. The highest BCUT2D eigenvalue weighted by Gasteiger charge is 2.25. The number of nitrogens with one attached hydrogen (secondary N) is 1. The van der Waals surface area contributed by atoms with E-state index in [2.05, 4.69) is 20.5 Å². The van der Waals surface area contributed by atoms with E-state index in [9.17, 15) is 4.79 Å². The highest BCUT2D eigenvalue weighted by molar-refractivity contribution is 7.98. The molecule has 9 heteroatoms. The minimum Gasteiger partial charge on any atom is -0.368 e. The molecule has 2 aromatic heterocycles. The Morgan fingerprint density at radius 3 is 2.71 bits per heavy atom. The van der Waals surface area contributed by atoms with Gasteiger partial charge in [-0.25, -0.2) is 4.98 Å². The minimum atomic E-state index is -0.452. The van der Waals surface area contributed by atoms with Gasteiger partial charge >= 0.3 is 0 Å². The summed E-state index contributed by atoms with van der Waals surface area (Å²) in [6.45, 7) is 5.82. The molecule has 0 aliphatic rings. The van der Waals surface area contributed by atoms with Gasteiger partial charge in [0, 0.05) is 4.88 Å². The summed E-state index contributed by atoms with van der Waals surface area (Å²) >= 11 is 2.87. The van der Waals surface area contributed by atoms with Gasteiger partial charge in [-0.15, -0.1) is 21.5 Å². The zero-order valence-corrected chi connectivity index (χ0v) is 14.0. The van der Waals surface area contributed by atoms with Gasteiger partial charge in [-0.3, -0.25) is 9.36 Å². The molecule has 1 unspecified atom stereocenters. The molecule has 0 saturated carbocycles. The monoisotopic (exact) mass is 326 g/mol. The Hall–Kier alpha value is -1.61. The van der Waals surface area contributed by atoms with Gasteiger partial charge in [0.2, 0.25) is 11.9 Å². The number of carbonyl (C=O) groups is 1. The summed E-state index contributed by atoms with van der Waals surface area (Å²) in [7, 11) is 0. The van der Waals surface area contributed by atoms with E-state index < -0.39 is 6.04 Å². The van der Waals surface area contributed by atoms with Crippen LogP contribution in [0.25, 0.3) is 0 Å². The molecule has 0 aromatic carbocycles. The van der Waals surface area contributed by atoms with Crippen molar-refractivity contribution in [2.75, 3.05) is 17.3 Å². The number of thiazole rings is 1. The molecule has 0 spiro atoms. The van der Waals surface area contributed by atoms with Gasteiger partial charge in [-0.2, -0.15) is 0 Å². The molecule has 0 aliphatic carbocycles. The average Bonchev–Trinajstić information content (AvgIpc) is 2.95. The number of nitrogens with two attached hydrogens (primary N) is 1. The molecule has 0 radical (unpaired) electrons. The van der Waals surface area contributed by atoms with Crippen molar-refractivity contribution in [3.8, 4) is 0 Å². The Morgan fingerprint density at radius 2 is 2.19 bits per heavy atom. The van der Waals surface area contributed by atoms with Crippen molar-refractivity contribution in [2.45, 2.75) is 38.4 Å². The summed E-state index contributed by atoms with van der Waals surface area (Å²) in [5, 5.41) is 11.9. The number of amides is 1. The Balaban J connectivity index is 2.24. The van der Waals surface area contributed by atoms with Crippen molar-refractivity contribution in [3.05, 3.63) is 10.6 Å². The Kier molecular flexibility index (Phi) is 4.84. The largest absolute Gasteiger partial charge is 0.368 e. The molecule has 21 heavy (non-hydrogen) atoms. The lowest BCUT2D eigenvalue weighted by Gasteiger charge is -2.17. The normalized spacial score (nSPS) is 12.4. The van der Waals surface area contributed by atoms with Crippen LogP contribution in [-0.2, 0) is 4.79 Å².